The maximum absolute atomic E-state index is 5.27. The van der Waals surface area contributed by atoms with Crippen molar-refractivity contribution in [1.82, 2.24) is 10.2 Å². The third-order valence-electron chi connectivity index (χ3n) is 3.18. The van der Waals surface area contributed by atoms with Crippen molar-refractivity contribution in [2.45, 2.75) is 32.2 Å². The summed E-state index contributed by atoms with van der Waals surface area (Å²) in [5.74, 6) is 1.02. The quantitative estimate of drug-likeness (QED) is 0.775. The molecule has 1 aromatic rings. The molecule has 1 fully saturated rings. The molecule has 0 aromatic carbocycles. The molecule has 0 aliphatic carbocycles. The zero-order valence-corrected chi connectivity index (χ0v) is 9.95. The van der Waals surface area contributed by atoms with Gasteiger partial charge in [0.1, 0.15) is 5.76 Å². The van der Waals surface area contributed by atoms with Crippen LogP contribution in [0.1, 0.15) is 31.4 Å². The lowest BCUT2D eigenvalue weighted by atomic mass is 10.2. The van der Waals surface area contributed by atoms with Gasteiger partial charge in [0.15, 0.2) is 0 Å². The molecule has 0 bridgehead atoms. The minimum absolute atomic E-state index is 0.848. The van der Waals surface area contributed by atoms with E-state index in [1.807, 2.05) is 12.1 Å². The van der Waals surface area contributed by atoms with Crippen molar-refractivity contribution < 1.29 is 4.42 Å². The van der Waals surface area contributed by atoms with Crippen molar-refractivity contribution in [3.8, 4) is 0 Å². The largest absolute Gasteiger partial charge is 0.468 e. The molecule has 16 heavy (non-hydrogen) atoms. The number of nitrogens with zero attached hydrogens (tertiary/aromatic N) is 1. The fourth-order valence-electron chi connectivity index (χ4n) is 2.22. The molecule has 2 heterocycles. The second-order valence-corrected chi connectivity index (χ2v) is 4.51. The van der Waals surface area contributed by atoms with Crippen LogP contribution in [-0.4, -0.2) is 31.1 Å². The van der Waals surface area contributed by atoms with Crippen molar-refractivity contribution in [2.24, 2.45) is 0 Å². The van der Waals surface area contributed by atoms with Gasteiger partial charge in [0.05, 0.1) is 12.8 Å². The van der Waals surface area contributed by atoms with E-state index in [0.29, 0.717) is 0 Å². The molecule has 1 N–H and O–H groups in total. The molecular weight excluding hydrogens is 200 g/mol. The lowest BCUT2D eigenvalue weighted by Crippen LogP contribution is -2.32. The molecule has 3 nitrogen and oxygen atoms in total. The van der Waals surface area contributed by atoms with Gasteiger partial charge in [-0.2, -0.15) is 0 Å². The zero-order valence-electron chi connectivity index (χ0n) is 9.95. The maximum atomic E-state index is 5.27. The minimum Gasteiger partial charge on any atom is -0.468 e. The van der Waals surface area contributed by atoms with Crippen molar-refractivity contribution in [3.63, 3.8) is 0 Å². The first-order chi connectivity index (χ1) is 7.95. The second-order valence-electron chi connectivity index (χ2n) is 4.51. The van der Waals surface area contributed by atoms with Crippen molar-refractivity contribution >= 4 is 0 Å². The molecule has 0 amide bonds. The topological polar surface area (TPSA) is 28.4 Å². The number of nitrogens with one attached hydrogen (secondary N) is 1. The van der Waals surface area contributed by atoms with E-state index in [9.17, 15) is 0 Å². The van der Waals surface area contributed by atoms with E-state index in [0.717, 1.165) is 18.8 Å². The van der Waals surface area contributed by atoms with Crippen LogP contribution in [0.15, 0.2) is 22.8 Å². The highest BCUT2D eigenvalue weighted by molar-refractivity contribution is 4.97. The third-order valence-corrected chi connectivity index (χ3v) is 3.18. The lowest BCUT2D eigenvalue weighted by molar-refractivity contribution is 0.282. The van der Waals surface area contributed by atoms with Crippen LogP contribution >= 0.6 is 0 Å². The molecule has 0 radical (unpaired) electrons. The summed E-state index contributed by atoms with van der Waals surface area (Å²) >= 11 is 0. The summed E-state index contributed by atoms with van der Waals surface area (Å²) < 4.78 is 5.27. The Bertz CT molecular complexity index is 263. The highest BCUT2D eigenvalue weighted by Gasteiger charge is 2.07. The van der Waals surface area contributed by atoms with Crippen LogP contribution < -0.4 is 5.32 Å². The van der Waals surface area contributed by atoms with Crippen LogP contribution in [0.2, 0.25) is 0 Å². The summed E-state index contributed by atoms with van der Waals surface area (Å²) in [6.45, 7) is 5.63. The Morgan fingerprint density at radius 3 is 2.69 bits per heavy atom. The number of likely N-dealkylation sites (tertiary alicyclic amines) is 1. The molecule has 1 aromatic heterocycles. The van der Waals surface area contributed by atoms with Gasteiger partial charge in [-0.05, 0) is 38.1 Å². The van der Waals surface area contributed by atoms with Crippen LogP contribution in [0, 0.1) is 0 Å². The van der Waals surface area contributed by atoms with E-state index < -0.39 is 0 Å². The summed E-state index contributed by atoms with van der Waals surface area (Å²) in [7, 11) is 0. The van der Waals surface area contributed by atoms with E-state index in [1.165, 1.54) is 45.3 Å². The maximum Gasteiger partial charge on any atom is 0.117 e. The average Bonchev–Trinajstić information content (AvgIpc) is 2.68. The smallest absolute Gasteiger partial charge is 0.117 e. The summed E-state index contributed by atoms with van der Waals surface area (Å²) in [5.41, 5.74) is 0. The van der Waals surface area contributed by atoms with Gasteiger partial charge in [-0.15, -0.1) is 0 Å². The lowest BCUT2D eigenvalue weighted by Gasteiger charge is -2.19. The Hall–Kier alpha value is -0.800. The van der Waals surface area contributed by atoms with E-state index in [4.69, 9.17) is 4.42 Å². The van der Waals surface area contributed by atoms with Crippen molar-refractivity contribution in [2.75, 3.05) is 26.2 Å². The Morgan fingerprint density at radius 1 is 1.19 bits per heavy atom. The van der Waals surface area contributed by atoms with Gasteiger partial charge in [0.25, 0.3) is 0 Å². The molecule has 0 spiro atoms. The fourth-order valence-corrected chi connectivity index (χ4v) is 2.22. The fraction of sp³-hybridized carbons (Fsp3) is 0.692. The van der Waals surface area contributed by atoms with Crippen LogP contribution in [0.4, 0.5) is 0 Å². The molecule has 1 aliphatic rings. The first-order valence-electron chi connectivity index (χ1n) is 6.40. The zero-order chi connectivity index (χ0) is 11.1. The predicted molar refractivity (Wildman–Crippen MR) is 65.3 cm³/mol. The molecule has 0 unspecified atom stereocenters. The first-order valence-corrected chi connectivity index (χ1v) is 6.40. The SMILES string of the molecule is c1coc(CNCCN2CCCCCC2)c1. The predicted octanol–water partition coefficient (Wildman–Crippen LogP) is 2.25. The average molecular weight is 222 g/mol. The Balaban J connectivity index is 1.56. The molecule has 90 valence electrons. The molecular formula is C13H22N2O. The molecule has 0 atom stereocenters. The van der Waals surface area contributed by atoms with Crippen LogP contribution in [0.25, 0.3) is 0 Å². The van der Waals surface area contributed by atoms with Crippen LogP contribution in [-0.2, 0) is 6.54 Å². The summed E-state index contributed by atoms with van der Waals surface area (Å²) in [6.07, 6.45) is 7.30. The van der Waals surface area contributed by atoms with Crippen LogP contribution in [0.5, 0.6) is 0 Å². The van der Waals surface area contributed by atoms with Gasteiger partial charge in [-0.3, -0.25) is 0 Å². The first kappa shape index (κ1) is 11.7. The Kier molecular flexibility index (Phi) is 4.90. The highest BCUT2D eigenvalue weighted by Crippen LogP contribution is 2.08. The monoisotopic (exact) mass is 222 g/mol. The Morgan fingerprint density at radius 2 is 2.00 bits per heavy atom. The van der Waals surface area contributed by atoms with Crippen molar-refractivity contribution in [1.29, 1.82) is 0 Å². The second kappa shape index (κ2) is 6.71. The van der Waals surface area contributed by atoms with Gasteiger partial charge < -0.3 is 14.6 Å². The van der Waals surface area contributed by atoms with E-state index in [2.05, 4.69) is 10.2 Å². The van der Waals surface area contributed by atoms with Gasteiger partial charge in [0, 0.05) is 13.1 Å². The number of hydrogen-bond donors (Lipinski definition) is 1. The van der Waals surface area contributed by atoms with E-state index >= 15 is 0 Å². The van der Waals surface area contributed by atoms with E-state index in [-0.39, 0.29) is 0 Å². The standard InChI is InChI=1S/C13H22N2O/c1-2-4-9-15(8-3-1)10-7-14-12-13-6-5-11-16-13/h5-6,11,14H,1-4,7-10,12H2. The number of hydrogen-bond acceptors (Lipinski definition) is 3. The number of furan rings is 1. The van der Waals surface area contributed by atoms with E-state index in [1.54, 1.807) is 6.26 Å². The molecule has 3 heteroatoms. The third kappa shape index (κ3) is 3.99. The van der Waals surface area contributed by atoms with Gasteiger partial charge >= 0.3 is 0 Å². The van der Waals surface area contributed by atoms with Gasteiger partial charge in [0.2, 0.25) is 0 Å². The minimum atomic E-state index is 0.848. The normalized spacial score (nSPS) is 18.5. The Labute approximate surface area is 97.8 Å². The van der Waals surface area contributed by atoms with Gasteiger partial charge in [-0.1, -0.05) is 12.8 Å². The molecule has 0 saturated carbocycles. The number of rotatable bonds is 5. The molecule has 1 saturated heterocycles. The molecule has 1 aliphatic heterocycles. The highest BCUT2D eigenvalue weighted by atomic mass is 16.3. The summed E-state index contributed by atoms with van der Waals surface area (Å²) in [4.78, 5) is 2.57. The summed E-state index contributed by atoms with van der Waals surface area (Å²) in [5, 5.41) is 3.42. The van der Waals surface area contributed by atoms with Crippen molar-refractivity contribution in [3.05, 3.63) is 24.2 Å². The van der Waals surface area contributed by atoms with Crippen LogP contribution in [0.3, 0.4) is 0 Å². The summed E-state index contributed by atoms with van der Waals surface area (Å²) in [6, 6.07) is 3.95. The molecule has 2 rings (SSSR count). The van der Waals surface area contributed by atoms with Gasteiger partial charge in [-0.25, -0.2) is 0 Å².